The SMILES string of the molecule is CSC(C)(C)CNS(=O)(=O)c1cc(CN)ccc1Cl. The lowest BCUT2D eigenvalue weighted by Crippen LogP contribution is -2.36. The van der Waals surface area contributed by atoms with Crippen LogP contribution in [0, 0.1) is 0 Å². The molecule has 0 aliphatic heterocycles. The second-order valence-electron chi connectivity index (χ2n) is 4.76. The second-order valence-corrected chi connectivity index (χ2v) is 8.41. The monoisotopic (exact) mass is 322 g/mol. The average Bonchev–Trinajstić information content (AvgIpc) is 2.37. The normalized spacial score (nSPS) is 12.7. The summed E-state index contributed by atoms with van der Waals surface area (Å²) >= 11 is 7.55. The van der Waals surface area contributed by atoms with Gasteiger partial charge in [-0.05, 0) is 37.8 Å². The van der Waals surface area contributed by atoms with Gasteiger partial charge in [-0.2, -0.15) is 11.8 Å². The number of hydrogen-bond acceptors (Lipinski definition) is 4. The molecular formula is C12H19ClN2O2S2. The van der Waals surface area contributed by atoms with Crippen molar-refractivity contribution >= 4 is 33.4 Å². The molecule has 3 N–H and O–H groups in total. The Balaban J connectivity index is 3.00. The van der Waals surface area contributed by atoms with E-state index in [1.165, 1.54) is 6.07 Å². The van der Waals surface area contributed by atoms with Crippen molar-refractivity contribution in [2.24, 2.45) is 5.73 Å². The minimum atomic E-state index is -3.62. The lowest BCUT2D eigenvalue weighted by atomic mass is 10.2. The predicted molar refractivity (Wildman–Crippen MR) is 82.1 cm³/mol. The van der Waals surface area contributed by atoms with Gasteiger partial charge in [-0.3, -0.25) is 0 Å². The van der Waals surface area contributed by atoms with Crippen LogP contribution in [0.25, 0.3) is 0 Å². The first-order valence-corrected chi connectivity index (χ1v) is 8.84. The largest absolute Gasteiger partial charge is 0.326 e. The van der Waals surface area contributed by atoms with E-state index in [0.717, 1.165) is 5.56 Å². The molecule has 1 aromatic carbocycles. The second kappa shape index (κ2) is 6.45. The highest BCUT2D eigenvalue weighted by atomic mass is 35.5. The molecule has 0 saturated heterocycles. The summed E-state index contributed by atoms with van der Waals surface area (Å²) in [4.78, 5) is 0.0778. The summed E-state index contributed by atoms with van der Waals surface area (Å²) in [6.07, 6.45) is 1.94. The Morgan fingerprint density at radius 3 is 2.58 bits per heavy atom. The number of thioether (sulfide) groups is 1. The fraction of sp³-hybridized carbons (Fsp3) is 0.500. The third kappa shape index (κ3) is 4.65. The Morgan fingerprint density at radius 1 is 1.42 bits per heavy atom. The van der Waals surface area contributed by atoms with Gasteiger partial charge in [0.2, 0.25) is 10.0 Å². The summed E-state index contributed by atoms with van der Waals surface area (Å²) in [5.74, 6) is 0. The van der Waals surface area contributed by atoms with Crippen molar-refractivity contribution in [3.8, 4) is 0 Å². The number of halogens is 1. The molecule has 7 heteroatoms. The zero-order valence-electron chi connectivity index (χ0n) is 11.2. The van der Waals surface area contributed by atoms with E-state index in [1.807, 2.05) is 20.1 Å². The molecule has 0 heterocycles. The maximum absolute atomic E-state index is 12.2. The summed E-state index contributed by atoms with van der Waals surface area (Å²) in [6, 6.07) is 4.78. The third-order valence-corrected chi connectivity index (χ3v) is 5.89. The Morgan fingerprint density at radius 2 is 2.05 bits per heavy atom. The summed E-state index contributed by atoms with van der Waals surface area (Å²) in [5.41, 5.74) is 6.25. The van der Waals surface area contributed by atoms with E-state index in [1.54, 1.807) is 23.9 Å². The molecule has 0 aliphatic carbocycles. The Bertz CT molecular complexity index is 545. The minimum Gasteiger partial charge on any atom is -0.326 e. The first-order chi connectivity index (χ1) is 8.72. The van der Waals surface area contributed by atoms with Crippen molar-refractivity contribution < 1.29 is 8.42 Å². The van der Waals surface area contributed by atoms with Gasteiger partial charge in [0, 0.05) is 17.8 Å². The van der Waals surface area contributed by atoms with E-state index in [9.17, 15) is 8.42 Å². The van der Waals surface area contributed by atoms with E-state index in [2.05, 4.69) is 4.72 Å². The zero-order valence-corrected chi connectivity index (χ0v) is 13.6. The van der Waals surface area contributed by atoms with Gasteiger partial charge >= 0.3 is 0 Å². The molecule has 0 saturated carbocycles. The van der Waals surface area contributed by atoms with Crippen LogP contribution < -0.4 is 10.5 Å². The van der Waals surface area contributed by atoms with Crippen molar-refractivity contribution in [3.63, 3.8) is 0 Å². The standard InChI is InChI=1S/C12H19ClN2O2S2/c1-12(2,18-3)8-15-19(16,17)11-6-9(7-14)4-5-10(11)13/h4-6,15H,7-8,14H2,1-3H3. The van der Waals surface area contributed by atoms with Crippen molar-refractivity contribution in [1.29, 1.82) is 0 Å². The molecule has 0 fully saturated rings. The van der Waals surface area contributed by atoms with Gasteiger partial charge in [-0.1, -0.05) is 17.7 Å². The topological polar surface area (TPSA) is 72.2 Å². The highest BCUT2D eigenvalue weighted by Crippen LogP contribution is 2.24. The fourth-order valence-electron chi connectivity index (χ4n) is 1.30. The molecule has 0 radical (unpaired) electrons. The average molecular weight is 323 g/mol. The summed E-state index contributed by atoms with van der Waals surface area (Å²) in [6.45, 7) is 4.55. The van der Waals surface area contributed by atoms with Crippen molar-refractivity contribution in [3.05, 3.63) is 28.8 Å². The number of nitrogens with one attached hydrogen (secondary N) is 1. The van der Waals surface area contributed by atoms with Crippen molar-refractivity contribution in [2.45, 2.75) is 30.0 Å². The number of nitrogens with two attached hydrogens (primary N) is 1. The van der Waals surface area contributed by atoms with Crippen LogP contribution >= 0.6 is 23.4 Å². The zero-order chi connectivity index (χ0) is 14.7. The van der Waals surface area contributed by atoms with E-state index in [0.29, 0.717) is 6.54 Å². The van der Waals surface area contributed by atoms with Gasteiger partial charge in [-0.25, -0.2) is 13.1 Å². The summed E-state index contributed by atoms with van der Waals surface area (Å²) in [5, 5.41) is 0.201. The third-order valence-electron chi connectivity index (χ3n) is 2.76. The number of benzene rings is 1. The van der Waals surface area contributed by atoms with Gasteiger partial charge in [0.05, 0.1) is 5.02 Å². The maximum Gasteiger partial charge on any atom is 0.242 e. The van der Waals surface area contributed by atoms with Crippen molar-refractivity contribution in [2.75, 3.05) is 12.8 Å². The van der Waals surface area contributed by atoms with Gasteiger partial charge in [0.15, 0.2) is 0 Å². The first-order valence-electron chi connectivity index (χ1n) is 5.75. The van der Waals surface area contributed by atoms with Gasteiger partial charge in [-0.15, -0.1) is 0 Å². The van der Waals surface area contributed by atoms with Crippen LogP contribution in [0.4, 0.5) is 0 Å². The molecule has 0 unspecified atom stereocenters. The molecule has 1 rings (SSSR count). The quantitative estimate of drug-likeness (QED) is 0.842. The Hall–Kier alpha value is -0.270. The molecule has 4 nitrogen and oxygen atoms in total. The molecule has 0 bridgehead atoms. The highest BCUT2D eigenvalue weighted by molar-refractivity contribution is 8.00. The van der Waals surface area contributed by atoms with E-state index < -0.39 is 10.0 Å². The minimum absolute atomic E-state index is 0.0778. The van der Waals surface area contributed by atoms with Crippen LogP contribution in [0.3, 0.4) is 0 Å². The van der Waals surface area contributed by atoms with Crippen LogP contribution in [0.5, 0.6) is 0 Å². The highest BCUT2D eigenvalue weighted by Gasteiger charge is 2.23. The molecule has 0 atom stereocenters. The fourth-order valence-corrected chi connectivity index (χ4v) is 3.37. The van der Waals surface area contributed by atoms with E-state index in [4.69, 9.17) is 17.3 Å². The molecule has 1 aromatic rings. The van der Waals surface area contributed by atoms with Gasteiger partial charge in [0.1, 0.15) is 4.90 Å². The maximum atomic E-state index is 12.2. The van der Waals surface area contributed by atoms with E-state index >= 15 is 0 Å². The number of hydrogen-bond donors (Lipinski definition) is 2. The molecule has 0 aromatic heterocycles. The molecule has 108 valence electrons. The first kappa shape index (κ1) is 16.8. The number of sulfonamides is 1. The molecule has 0 amide bonds. The summed E-state index contributed by atoms with van der Waals surface area (Å²) < 4.78 is 26.9. The van der Waals surface area contributed by atoms with Crippen LogP contribution in [0.15, 0.2) is 23.1 Å². The van der Waals surface area contributed by atoms with Gasteiger partial charge < -0.3 is 5.73 Å². The summed E-state index contributed by atoms with van der Waals surface area (Å²) in [7, 11) is -3.62. The lowest BCUT2D eigenvalue weighted by molar-refractivity contribution is 0.570. The van der Waals surface area contributed by atoms with Gasteiger partial charge in [0.25, 0.3) is 0 Å². The smallest absolute Gasteiger partial charge is 0.242 e. The molecule has 19 heavy (non-hydrogen) atoms. The van der Waals surface area contributed by atoms with Crippen LogP contribution in [-0.2, 0) is 16.6 Å². The molecular weight excluding hydrogens is 304 g/mol. The molecule has 0 spiro atoms. The van der Waals surface area contributed by atoms with E-state index in [-0.39, 0.29) is 21.2 Å². The predicted octanol–water partition coefficient (Wildman–Crippen LogP) is 2.22. The molecule has 0 aliphatic rings. The number of rotatable bonds is 6. The van der Waals surface area contributed by atoms with Crippen LogP contribution in [-0.4, -0.2) is 26.0 Å². The Kier molecular flexibility index (Phi) is 5.70. The van der Waals surface area contributed by atoms with Crippen LogP contribution in [0.1, 0.15) is 19.4 Å². The lowest BCUT2D eigenvalue weighted by Gasteiger charge is -2.22. The van der Waals surface area contributed by atoms with Crippen molar-refractivity contribution in [1.82, 2.24) is 4.72 Å². The Labute approximate surface area is 124 Å². The van der Waals surface area contributed by atoms with Crippen LogP contribution in [0.2, 0.25) is 5.02 Å².